The van der Waals surface area contributed by atoms with Crippen LogP contribution in [0.5, 0.6) is 5.75 Å². The van der Waals surface area contributed by atoms with Gasteiger partial charge < -0.3 is 10.0 Å². The van der Waals surface area contributed by atoms with Gasteiger partial charge in [0.1, 0.15) is 5.75 Å². The van der Waals surface area contributed by atoms with Gasteiger partial charge >= 0.3 is 10.4 Å². The van der Waals surface area contributed by atoms with Crippen molar-refractivity contribution in [1.82, 2.24) is 0 Å². The van der Waals surface area contributed by atoms with E-state index < -0.39 is 80.3 Å². The lowest BCUT2D eigenvalue weighted by Gasteiger charge is -2.34. The van der Waals surface area contributed by atoms with Gasteiger partial charge in [0.25, 0.3) is 26.1 Å². The summed E-state index contributed by atoms with van der Waals surface area (Å²) < 4.78 is 126. The van der Waals surface area contributed by atoms with E-state index in [0.717, 1.165) is 18.2 Å². The average molecular weight is 734 g/mol. The third-order valence-corrected chi connectivity index (χ3v) is 10.7. The van der Waals surface area contributed by atoms with Crippen LogP contribution in [0.1, 0.15) is 20.3 Å². The van der Waals surface area contributed by atoms with Crippen LogP contribution in [0.4, 0.5) is 11.4 Å². The lowest BCUT2D eigenvalue weighted by molar-refractivity contribution is -0.113. The van der Waals surface area contributed by atoms with Crippen molar-refractivity contribution in [2.45, 2.75) is 41.0 Å². The molecule has 254 valence electrons. The largest absolute Gasteiger partial charge is 0.507 e. The summed E-state index contributed by atoms with van der Waals surface area (Å²) in [6.45, 7) is 2.54. The van der Waals surface area contributed by atoms with Crippen LogP contribution in [-0.2, 0) is 49.5 Å². The van der Waals surface area contributed by atoms with Gasteiger partial charge in [-0.05, 0) is 66.8 Å². The Morgan fingerprint density at radius 3 is 1.98 bits per heavy atom. The summed E-state index contributed by atoms with van der Waals surface area (Å²) >= 11 is 0. The van der Waals surface area contributed by atoms with Crippen molar-refractivity contribution in [3.05, 3.63) is 60.2 Å². The zero-order valence-electron chi connectivity index (χ0n) is 24.3. The van der Waals surface area contributed by atoms with Crippen molar-refractivity contribution < 1.29 is 61.4 Å². The van der Waals surface area contributed by atoms with E-state index in [1.165, 1.54) is 29.2 Å². The Morgan fingerprint density at radius 1 is 0.872 bits per heavy atom. The molecule has 21 heteroatoms. The smallest absolute Gasteiger partial charge is 0.397 e. The number of nitrogens with one attached hydrogen (secondary N) is 1. The number of aromatic hydroxyl groups is 1. The van der Waals surface area contributed by atoms with E-state index in [9.17, 15) is 52.7 Å². The highest BCUT2D eigenvalue weighted by atomic mass is 32.3. The average Bonchev–Trinajstić information content (AvgIpc) is 2.94. The van der Waals surface area contributed by atoms with E-state index in [0.29, 0.717) is 18.1 Å². The number of hydrogen-bond acceptors (Lipinski definition) is 13. The SMILES string of the molecule is CCC1C=C(C)/C(=N/Nc2cc(S(=O)(=O)O)cc3cc(S(=O)(=O)O)cc(O)c23)C(=O)N1c1ccc(S(=O)(=O)CCOS(=O)(=O)O)cc1. The molecule has 0 bridgehead atoms. The van der Waals surface area contributed by atoms with Crippen molar-refractivity contribution in [3.63, 3.8) is 0 Å². The van der Waals surface area contributed by atoms with E-state index in [1.54, 1.807) is 19.9 Å². The van der Waals surface area contributed by atoms with Gasteiger partial charge in [-0.25, -0.2) is 12.6 Å². The Labute approximate surface area is 269 Å². The van der Waals surface area contributed by atoms with E-state index in [2.05, 4.69) is 14.7 Å². The van der Waals surface area contributed by atoms with Crippen LogP contribution in [0.2, 0.25) is 0 Å². The zero-order chi connectivity index (χ0) is 35.1. The highest BCUT2D eigenvalue weighted by molar-refractivity contribution is 7.91. The predicted molar refractivity (Wildman–Crippen MR) is 168 cm³/mol. The molecule has 0 aliphatic carbocycles. The number of anilines is 2. The fourth-order valence-corrected chi connectivity index (χ4v) is 7.31. The normalized spacial score (nSPS) is 17.3. The van der Waals surface area contributed by atoms with Crippen molar-refractivity contribution in [1.29, 1.82) is 0 Å². The molecule has 0 aromatic heterocycles. The van der Waals surface area contributed by atoms with E-state index in [-0.39, 0.29) is 32.8 Å². The number of carbonyl (C=O) groups is 1. The third-order valence-electron chi connectivity index (χ3n) is 6.90. The molecule has 17 nitrogen and oxygen atoms in total. The number of hydrogen-bond donors (Lipinski definition) is 5. The highest BCUT2D eigenvalue weighted by Gasteiger charge is 2.33. The quantitative estimate of drug-likeness (QED) is 0.140. The molecular formula is C26H27N3O14S4. The minimum atomic E-state index is -4.88. The number of phenolic OH excluding ortho intramolecular Hbond substituents is 1. The first-order valence-corrected chi connectivity index (χ1v) is 19.1. The molecule has 1 aliphatic heterocycles. The van der Waals surface area contributed by atoms with Crippen LogP contribution >= 0.6 is 0 Å². The maximum absolute atomic E-state index is 13.8. The first kappa shape index (κ1) is 35.9. The fourth-order valence-electron chi connectivity index (χ4n) is 4.74. The number of hydrazone groups is 1. The first-order valence-electron chi connectivity index (χ1n) is 13.2. The standard InChI is InChI=1S/C26H27N3O14S4/c1-3-17-10-15(2)25(26(31)29(17)18-4-6-19(7-5-18)44(32,33)9-8-43-47(40,41)42)28-27-22-13-20(45(34,35)36)11-16-12-21(46(37,38)39)14-23(30)24(16)22/h4-7,10-14,17,27,30H,3,8-9H2,1-2H3,(H,34,35,36)(H,37,38,39)(H,40,41,42)/b28-25-. The van der Waals surface area contributed by atoms with Crippen LogP contribution in [-0.4, -0.2) is 82.5 Å². The second-order valence-corrected chi connectivity index (χ2v) is 16.1. The van der Waals surface area contributed by atoms with Gasteiger partial charge in [0.15, 0.2) is 15.5 Å². The van der Waals surface area contributed by atoms with Crippen LogP contribution < -0.4 is 10.3 Å². The van der Waals surface area contributed by atoms with E-state index >= 15 is 0 Å². The summed E-state index contributed by atoms with van der Waals surface area (Å²) in [4.78, 5) is 13.4. The summed E-state index contributed by atoms with van der Waals surface area (Å²) in [5.74, 6) is -2.15. The molecule has 1 unspecified atom stereocenters. The maximum Gasteiger partial charge on any atom is 0.397 e. The molecule has 3 aromatic rings. The molecule has 47 heavy (non-hydrogen) atoms. The Bertz CT molecular complexity index is 2260. The number of phenols is 1. The summed E-state index contributed by atoms with van der Waals surface area (Å²) in [6, 6.07) is 7.84. The van der Waals surface area contributed by atoms with Crippen LogP contribution in [0.25, 0.3) is 10.8 Å². The molecule has 0 fully saturated rings. The predicted octanol–water partition coefficient (Wildman–Crippen LogP) is 2.17. The Hall–Kier alpha value is -3.96. The molecule has 0 saturated heterocycles. The number of amides is 1. The minimum Gasteiger partial charge on any atom is -0.507 e. The maximum atomic E-state index is 13.8. The molecule has 4 rings (SSSR count). The van der Waals surface area contributed by atoms with Crippen molar-refractivity contribution >= 4 is 74.2 Å². The lowest BCUT2D eigenvalue weighted by Crippen LogP contribution is -2.47. The van der Waals surface area contributed by atoms with Gasteiger partial charge in [0, 0.05) is 17.1 Å². The topological polar surface area (TPSA) is 271 Å². The van der Waals surface area contributed by atoms with Crippen LogP contribution in [0.3, 0.4) is 0 Å². The second kappa shape index (κ2) is 12.9. The molecule has 1 atom stereocenters. The molecule has 1 aliphatic rings. The molecule has 1 heterocycles. The van der Waals surface area contributed by atoms with Gasteiger partial charge in [0.05, 0.1) is 38.8 Å². The van der Waals surface area contributed by atoms with E-state index in [1.807, 2.05) is 0 Å². The monoisotopic (exact) mass is 733 g/mol. The molecule has 0 spiro atoms. The van der Waals surface area contributed by atoms with Crippen LogP contribution in [0.15, 0.2) is 80.0 Å². The van der Waals surface area contributed by atoms with Crippen molar-refractivity contribution in [3.8, 4) is 5.75 Å². The van der Waals surface area contributed by atoms with Gasteiger partial charge in [-0.3, -0.25) is 23.9 Å². The Kier molecular flexibility index (Phi) is 9.86. The Balaban J connectivity index is 1.73. The molecule has 0 saturated carbocycles. The van der Waals surface area contributed by atoms with Gasteiger partial charge in [0.2, 0.25) is 0 Å². The summed E-state index contributed by atoms with van der Waals surface area (Å²) in [7, 11) is -18.6. The van der Waals surface area contributed by atoms with Gasteiger partial charge in [-0.2, -0.15) is 30.4 Å². The summed E-state index contributed by atoms with van der Waals surface area (Å²) in [6.07, 6.45) is 2.11. The number of sulfone groups is 1. The minimum absolute atomic E-state index is 0.166. The Morgan fingerprint density at radius 2 is 1.45 bits per heavy atom. The molecule has 3 aromatic carbocycles. The third kappa shape index (κ3) is 8.13. The van der Waals surface area contributed by atoms with Crippen LogP contribution in [0, 0.1) is 0 Å². The van der Waals surface area contributed by atoms with E-state index in [4.69, 9.17) is 4.55 Å². The number of benzene rings is 3. The number of fused-ring (bicyclic) bond motifs is 1. The summed E-state index contributed by atoms with van der Waals surface area (Å²) in [5.41, 5.74) is 2.68. The second-order valence-electron chi connectivity index (χ2n) is 10.1. The van der Waals surface area contributed by atoms with Crippen molar-refractivity contribution in [2.24, 2.45) is 5.10 Å². The molecular weight excluding hydrogens is 707 g/mol. The highest BCUT2D eigenvalue weighted by Crippen LogP contribution is 2.37. The van der Waals surface area contributed by atoms with Gasteiger partial charge in [-0.1, -0.05) is 13.0 Å². The first-order chi connectivity index (χ1) is 21.6. The molecule has 0 radical (unpaired) electrons. The number of rotatable bonds is 11. The lowest BCUT2D eigenvalue weighted by atomic mass is 9.98. The molecule has 5 N–H and O–H groups in total. The van der Waals surface area contributed by atoms with Crippen molar-refractivity contribution in [2.75, 3.05) is 22.7 Å². The number of nitrogens with zero attached hydrogens (tertiary/aromatic N) is 2. The van der Waals surface area contributed by atoms with Gasteiger partial charge in [-0.15, -0.1) is 0 Å². The zero-order valence-corrected chi connectivity index (χ0v) is 27.6. The number of carbonyl (C=O) groups excluding carboxylic acids is 1. The molecule has 1 amide bonds. The fraction of sp³-hybridized carbons (Fsp3) is 0.231. The summed E-state index contributed by atoms with van der Waals surface area (Å²) in [5, 5.41) is 14.3.